The summed E-state index contributed by atoms with van der Waals surface area (Å²) in [7, 11) is 0. The highest BCUT2D eigenvalue weighted by Crippen LogP contribution is 2.19. The minimum Gasteiger partial charge on any atom is -0.466 e. The summed E-state index contributed by atoms with van der Waals surface area (Å²) in [5.74, 6) is -0.0440. The maximum Gasteiger partial charge on any atom is 0.305 e. The molecule has 0 aliphatic rings. The van der Waals surface area contributed by atoms with E-state index < -0.39 is 12.1 Å². The Morgan fingerprint density at radius 3 is 0.938 bits per heavy atom. The number of carbonyl (C=O) groups is 2. The number of aliphatic hydroxyl groups is 2. The smallest absolute Gasteiger partial charge is 0.305 e. The molecule has 6 heteroatoms. The first-order valence-corrected chi connectivity index (χ1v) is 36.8. The van der Waals surface area contributed by atoms with E-state index in [1.54, 1.807) is 6.08 Å². The van der Waals surface area contributed by atoms with Crippen molar-refractivity contribution in [2.24, 2.45) is 0 Å². The predicted molar refractivity (Wildman–Crippen MR) is 356 cm³/mol. The first kappa shape index (κ1) is 79.1. The highest BCUT2D eigenvalue weighted by atomic mass is 16.5. The predicted octanol–water partition coefficient (Wildman–Crippen LogP) is 23.9. The van der Waals surface area contributed by atoms with E-state index in [4.69, 9.17) is 4.74 Å². The molecule has 2 unspecified atom stereocenters. The van der Waals surface area contributed by atoms with Crippen LogP contribution in [0.25, 0.3) is 0 Å². The number of nitrogens with one attached hydrogen (secondary N) is 1. The third kappa shape index (κ3) is 67.1. The van der Waals surface area contributed by atoms with Crippen LogP contribution in [0.3, 0.4) is 0 Å². The molecule has 0 aromatic heterocycles. The molecule has 0 saturated carbocycles. The maximum atomic E-state index is 12.4. The van der Waals surface area contributed by atoms with Crippen LogP contribution in [-0.4, -0.2) is 47.4 Å². The largest absolute Gasteiger partial charge is 0.466 e. The lowest BCUT2D eigenvalue weighted by Gasteiger charge is -2.20. The van der Waals surface area contributed by atoms with Gasteiger partial charge in [-0.2, -0.15) is 0 Å². The first-order chi connectivity index (χ1) is 40.0. The van der Waals surface area contributed by atoms with Crippen LogP contribution in [0, 0.1) is 0 Å². The number of carbonyl (C=O) groups excluding carboxylic acids is 2. The molecule has 0 aromatic rings. The van der Waals surface area contributed by atoms with Gasteiger partial charge in [-0.15, -0.1) is 0 Å². The lowest BCUT2D eigenvalue weighted by molar-refractivity contribution is -0.143. The van der Waals surface area contributed by atoms with Gasteiger partial charge in [-0.25, -0.2) is 0 Å². The number of aliphatic hydroxyl groups excluding tert-OH is 2. The Bertz CT molecular complexity index is 1310. The Morgan fingerprint density at radius 2 is 0.617 bits per heavy atom. The molecule has 0 rings (SSSR count). The van der Waals surface area contributed by atoms with E-state index in [0.717, 1.165) is 44.9 Å². The molecule has 0 radical (unpaired) electrons. The molecule has 3 N–H and O–H groups in total. The standard InChI is InChI=1S/C75H143NO5/c1-3-5-7-9-11-13-15-16-17-18-39-42-45-49-53-57-61-65-69-75(80)81-70-66-62-58-54-50-46-43-40-37-35-33-31-29-27-25-23-21-19-20-22-24-26-28-30-32-34-36-38-41-44-48-52-56-60-64-68-74(79)76-72(71-77)73(78)67-63-59-55-51-47-14-12-10-8-6-4-2/h21,23,27,29,63,67,72-73,77-78H,3-20,22,24-26,28,30-62,64-66,68-71H2,1-2H3,(H,76,79)/b23-21-,29-27-,67-63+. The zero-order chi connectivity index (χ0) is 58.5. The Morgan fingerprint density at radius 1 is 0.346 bits per heavy atom. The number of rotatable bonds is 69. The van der Waals surface area contributed by atoms with Gasteiger partial charge >= 0.3 is 5.97 Å². The van der Waals surface area contributed by atoms with Gasteiger partial charge in [0.15, 0.2) is 0 Å². The van der Waals surface area contributed by atoms with E-state index in [0.29, 0.717) is 19.4 Å². The monoisotopic (exact) mass is 1140 g/mol. The number of hydrogen-bond donors (Lipinski definition) is 3. The topological polar surface area (TPSA) is 95.9 Å². The van der Waals surface area contributed by atoms with Crippen molar-refractivity contribution in [1.29, 1.82) is 0 Å². The number of allylic oxidation sites excluding steroid dienone is 5. The molecule has 0 saturated heterocycles. The van der Waals surface area contributed by atoms with Crippen molar-refractivity contribution in [3.05, 3.63) is 36.5 Å². The van der Waals surface area contributed by atoms with Crippen LogP contribution in [-0.2, 0) is 14.3 Å². The zero-order valence-corrected chi connectivity index (χ0v) is 54.8. The van der Waals surface area contributed by atoms with Crippen molar-refractivity contribution in [1.82, 2.24) is 5.32 Å². The summed E-state index contributed by atoms with van der Waals surface area (Å²) >= 11 is 0. The summed E-state index contributed by atoms with van der Waals surface area (Å²) in [5, 5.41) is 23.1. The molecule has 0 bridgehead atoms. The van der Waals surface area contributed by atoms with Crippen LogP contribution in [0.15, 0.2) is 36.5 Å². The van der Waals surface area contributed by atoms with Crippen molar-refractivity contribution in [3.8, 4) is 0 Å². The van der Waals surface area contributed by atoms with Crippen LogP contribution >= 0.6 is 0 Å². The molecular formula is C75H143NO5. The number of unbranched alkanes of at least 4 members (excludes halogenated alkanes) is 54. The summed E-state index contributed by atoms with van der Waals surface area (Å²) in [6.07, 6.45) is 91.1. The highest BCUT2D eigenvalue weighted by molar-refractivity contribution is 5.76. The molecule has 0 aromatic carbocycles. The molecule has 6 nitrogen and oxygen atoms in total. The Balaban J connectivity index is 3.35. The third-order valence-electron chi connectivity index (χ3n) is 17.2. The van der Waals surface area contributed by atoms with Crippen LogP contribution in [0.5, 0.6) is 0 Å². The third-order valence-corrected chi connectivity index (χ3v) is 17.2. The van der Waals surface area contributed by atoms with E-state index in [-0.39, 0.29) is 18.5 Å². The summed E-state index contributed by atoms with van der Waals surface area (Å²) in [4.78, 5) is 24.6. The fourth-order valence-corrected chi connectivity index (χ4v) is 11.6. The van der Waals surface area contributed by atoms with Gasteiger partial charge in [0.2, 0.25) is 5.91 Å². The molecule has 0 aliphatic heterocycles. The highest BCUT2D eigenvalue weighted by Gasteiger charge is 2.18. The van der Waals surface area contributed by atoms with Gasteiger partial charge in [0.25, 0.3) is 0 Å². The van der Waals surface area contributed by atoms with Gasteiger partial charge in [0, 0.05) is 12.8 Å². The van der Waals surface area contributed by atoms with Crippen LogP contribution in [0.4, 0.5) is 0 Å². The van der Waals surface area contributed by atoms with Gasteiger partial charge in [-0.3, -0.25) is 9.59 Å². The Kier molecular flexibility index (Phi) is 68.9. The second-order valence-electron chi connectivity index (χ2n) is 25.3. The van der Waals surface area contributed by atoms with Crippen molar-refractivity contribution in [3.63, 3.8) is 0 Å². The summed E-state index contributed by atoms with van der Waals surface area (Å²) in [6.45, 7) is 4.92. The van der Waals surface area contributed by atoms with Crippen molar-refractivity contribution in [2.75, 3.05) is 13.2 Å². The molecule has 81 heavy (non-hydrogen) atoms. The fraction of sp³-hybridized carbons (Fsp3) is 0.893. The minimum absolute atomic E-state index is 0.0214. The van der Waals surface area contributed by atoms with Crippen LogP contribution < -0.4 is 5.32 Å². The maximum absolute atomic E-state index is 12.4. The number of esters is 1. The lowest BCUT2D eigenvalue weighted by Crippen LogP contribution is -2.45. The van der Waals surface area contributed by atoms with E-state index >= 15 is 0 Å². The van der Waals surface area contributed by atoms with Crippen LogP contribution in [0.2, 0.25) is 0 Å². The normalized spacial score (nSPS) is 12.7. The van der Waals surface area contributed by atoms with Gasteiger partial charge in [0.05, 0.1) is 25.4 Å². The number of hydrogen-bond acceptors (Lipinski definition) is 5. The Labute approximate surface area is 506 Å². The summed E-state index contributed by atoms with van der Waals surface area (Å²) < 4.78 is 5.51. The zero-order valence-electron chi connectivity index (χ0n) is 54.8. The average Bonchev–Trinajstić information content (AvgIpc) is 3.47. The fourth-order valence-electron chi connectivity index (χ4n) is 11.6. The average molecular weight is 1140 g/mol. The second-order valence-corrected chi connectivity index (χ2v) is 25.3. The van der Waals surface area contributed by atoms with Crippen molar-refractivity contribution >= 4 is 11.9 Å². The molecule has 2 atom stereocenters. The molecule has 0 spiro atoms. The molecule has 478 valence electrons. The van der Waals surface area contributed by atoms with Gasteiger partial charge < -0.3 is 20.3 Å². The van der Waals surface area contributed by atoms with E-state index in [2.05, 4.69) is 43.5 Å². The molecule has 0 aliphatic carbocycles. The SMILES string of the molecule is CCCCCCCCCCC/C=C/C(O)C(CO)NC(=O)CCCCCCCCCCCCCCCCCCC/C=C\C/C=C\CCCCCCCCCCCCCOC(=O)CCCCCCCCCCCCCCCCCCCC. The van der Waals surface area contributed by atoms with Gasteiger partial charge in [-0.1, -0.05) is 365 Å². The van der Waals surface area contributed by atoms with E-state index in [1.165, 1.54) is 334 Å². The molecule has 0 fully saturated rings. The van der Waals surface area contributed by atoms with Crippen molar-refractivity contribution in [2.45, 2.75) is 418 Å². The number of ether oxygens (including phenoxy) is 1. The van der Waals surface area contributed by atoms with E-state index in [9.17, 15) is 19.8 Å². The lowest BCUT2D eigenvalue weighted by atomic mass is 10.0. The van der Waals surface area contributed by atoms with Crippen molar-refractivity contribution < 1.29 is 24.5 Å². The number of amides is 1. The summed E-state index contributed by atoms with van der Waals surface area (Å²) in [5.41, 5.74) is 0. The molecular weight excluding hydrogens is 995 g/mol. The van der Waals surface area contributed by atoms with Crippen LogP contribution in [0.1, 0.15) is 406 Å². The second kappa shape index (κ2) is 70.6. The first-order valence-electron chi connectivity index (χ1n) is 36.8. The Hall–Kier alpha value is -1.92. The molecule has 0 heterocycles. The molecule has 1 amide bonds. The summed E-state index contributed by atoms with van der Waals surface area (Å²) in [6, 6.07) is -0.625. The quantitative estimate of drug-likeness (QED) is 0.0320. The minimum atomic E-state index is -0.841. The van der Waals surface area contributed by atoms with Gasteiger partial charge in [0.1, 0.15) is 0 Å². The van der Waals surface area contributed by atoms with E-state index in [1.807, 2.05) is 6.08 Å². The van der Waals surface area contributed by atoms with Gasteiger partial charge in [-0.05, 0) is 64.2 Å².